The van der Waals surface area contributed by atoms with Crippen LogP contribution in [-0.2, 0) is 16.0 Å². The molecule has 0 fully saturated rings. The van der Waals surface area contributed by atoms with Gasteiger partial charge in [0.2, 0.25) is 0 Å². The van der Waals surface area contributed by atoms with Crippen LogP contribution < -0.4 is 0 Å². The van der Waals surface area contributed by atoms with Crippen molar-refractivity contribution < 1.29 is 9.53 Å². The summed E-state index contributed by atoms with van der Waals surface area (Å²) in [5, 5.41) is 8.36. The highest BCUT2D eigenvalue weighted by atomic mass is 32.2. The first-order valence-electron chi connectivity index (χ1n) is 6.47. The highest BCUT2D eigenvalue weighted by molar-refractivity contribution is 7.99. The summed E-state index contributed by atoms with van der Waals surface area (Å²) in [7, 11) is 0. The van der Waals surface area contributed by atoms with Gasteiger partial charge in [-0.05, 0) is 30.6 Å². The van der Waals surface area contributed by atoms with E-state index < -0.39 is 0 Å². The Hall–Kier alpha value is -1.47. The first-order chi connectivity index (χ1) is 9.33. The van der Waals surface area contributed by atoms with E-state index in [4.69, 9.17) is 10.00 Å². The van der Waals surface area contributed by atoms with Gasteiger partial charge < -0.3 is 4.74 Å². The second-order valence-electron chi connectivity index (χ2n) is 4.12. The second kappa shape index (κ2) is 10.5. The quantitative estimate of drug-likeness (QED) is 0.514. The van der Waals surface area contributed by atoms with Crippen LogP contribution in [0.1, 0.15) is 24.8 Å². The lowest BCUT2D eigenvalue weighted by Gasteiger charge is -2.04. The minimum absolute atomic E-state index is 0.157. The number of esters is 1. The summed E-state index contributed by atoms with van der Waals surface area (Å²) in [6, 6.07) is 12.3. The Morgan fingerprint density at radius 2 is 2.05 bits per heavy atom. The Kier molecular flexibility index (Phi) is 8.57. The van der Waals surface area contributed by atoms with Gasteiger partial charge in [0.1, 0.15) is 0 Å². The summed E-state index contributed by atoms with van der Waals surface area (Å²) in [4.78, 5) is 11.4. The zero-order chi connectivity index (χ0) is 13.8. The van der Waals surface area contributed by atoms with Crippen LogP contribution in [0.4, 0.5) is 0 Å². The first-order valence-corrected chi connectivity index (χ1v) is 7.62. The molecule has 0 aromatic heterocycles. The van der Waals surface area contributed by atoms with Crippen LogP contribution in [0.25, 0.3) is 0 Å². The molecule has 0 unspecified atom stereocenters. The second-order valence-corrected chi connectivity index (χ2v) is 5.23. The van der Waals surface area contributed by atoms with Crippen LogP contribution in [0.5, 0.6) is 0 Å². The Morgan fingerprint density at radius 3 is 2.79 bits per heavy atom. The monoisotopic (exact) mass is 277 g/mol. The highest BCUT2D eigenvalue weighted by Gasteiger charge is 2.02. The molecule has 1 aromatic carbocycles. The fraction of sp³-hybridized carbons (Fsp3) is 0.467. The summed E-state index contributed by atoms with van der Waals surface area (Å²) in [6.07, 6.45) is 3.18. The predicted octanol–water partition coefficient (Wildman–Crippen LogP) is 3.20. The average Bonchev–Trinajstić information content (AvgIpc) is 2.44. The predicted molar refractivity (Wildman–Crippen MR) is 77.9 cm³/mol. The molecule has 0 radical (unpaired) electrons. The van der Waals surface area contributed by atoms with Crippen LogP contribution >= 0.6 is 11.8 Å². The number of carbonyl (C=O) groups excluding carboxylic acids is 1. The molecule has 0 bridgehead atoms. The van der Waals surface area contributed by atoms with Crippen molar-refractivity contribution in [2.75, 3.05) is 18.1 Å². The number of hydrogen-bond donors (Lipinski definition) is 0. The van der Waals surface area contributed by atoms with E-state index >= 15 is 0 Å². The lowest BCUT2D eigenvalue weighted by Crippen LogP contribution is -2.09. The van der Waals surface area contributed by atoms with Crippen LogP contribution in [0.15, 0.2) is 30.3 Å². The van der Waals surface area contributed by atoms with Crippen LogP contribution in [0.3, 0.4) is 0 Å². The van der Waals surface area contributed by atoms with Crippen molar-refractivity contribution in [2.45, 2.75) is 25.7 Å². The molecule has 3 nitrogen and oxygen atoms in total. The number of ether oxygens (including phenoxy) is 1. The maximum absolute atomic E-state index is 11.4. The van der Waals surface area contributed by atoms with E-state index in [1.54, 1.807) is 0 Å². The van der Waals surface area contributed by atoms with Gasteiger partial charge >= 0.3 is 5.97 Å². The van der Waals surface area contributed by atoms with E-state index in [-0.39, 0.29) is 5.97 Å². The lowest BCUT2D eigenvalue weighted by atomic mass is 10.1. The molecule has 19 heavy (non-hydrogen) atoms. The molecule has 0 aliphatic rings. The summed E-state index contributed by atoms with van der Waals surface area (Å²) in [5.74, 6) is 1.07. The third-order valence-electron chi connectivity index (χ3n) is 2.51. The molecular weight excluding hydrogens is 258 g/mol. The van der Waals surface area contributed by atoms with Crippen molar-refractivity contribution >= 4 is 17.7 Å². The number of thioether (sulfide) groups is 1. The van der Waals surface area contributed by atoms with Gasteiger partial charge in [-0.15, -0.1) is 0 Å². The number of unbranched alkanes of at least 4 members (excludes halogenated alkanes) is 1. The third-order valence-corrected chi connectivity index (χ3v) is 3.53. The average molecular weight is 277 g/mol. The maximum Gasteiger partial charge on any atom is 0.315 e. The molecule has 0 atom stereocenters. The molecule has 0 N–H and O–H groups in total. The maximum atomic E-state index is 11.4. The summed E-state index contributed by atoms with van der Waals surface area (Å²) in [6.45, 7) is 0.479. The van der Waals surface area contributed by atoms with Crippen molar-refractivity contribution in [3.8, 4) is 6.07 Å². The van der Waals surface area contributed by atoms with Gasteiger partial charge in [-0.1, -0.05) is 30.3 Å². The van der Waals surface area contributed by atoms with Crippen LogP contribution in [-0.4, -0.2) is 24.1 Å². The van der Waals surface area contributed by atoms with Gasteiger partial charge in [0.15, 0.2) is 0 Å². The molecule has 0 saturated carbocycles. The molecular formula is C15H19NO2S. The number of benzene rings is 1. The Morgan fingerprint density at radius 1 is 1.26 bits per heavy atom. The number of carbonyl (C=O) groups is 1. The van der Waals surface area contributed by atoms with Gasteiger partial charge in [0.05, 0.1) is 18.4 Å². The van der Waals surface area contributed by atoms with Gasteiger partial charge in [-0.2, -0.15) is 17.0 Å². The zero-order valence-electron chi connectivity index (χ0n) is 11.0. The normalized spacial score (nSPS) is 9.84. The number of rotatable bonds is 9. The van der Waals surface area contributed by atoms with E-state index in [0.717, 1.165) is 25.0 Å². The molecule has 1 rings (SSSR count). The molecule has 1 aromatic rings. The lowest BCUT2D eigenvalue weighted by molar-refractivity contribution is -0.140. The summed E-state index contributed by atoms with van der Waals surface area (Å²) < 4.78 is 5.15. The van der Waals surface area contributed by atoms with Gasteiger partial charge in [-0.3, -0.25) is 4.79 Å². The van der Waals surface area contributed by atoms with E-state index in [1.807, 2.05) is 18.2 Å². The smallest absolute Gasteiger partial charge is 0.315 e. The molecule has 0 spiro atoms. The fourth-order valence-electron chi connectivity index (χ4n) is 1.56. The van der Waals surface area contributed by atoms with Crippen molar-refractivity contribution in [1.82, 2.24) is 0 Å². The van der Waals surface area contributed by atoms with E-state index in [2.05, 4.69) is 18.2 Å². The summed E-state index contributed by atoms with van der Waals surface area (Å²) >= 11 is 1.53. The minimum atomic E-state index is -0.157. The van der Waals surface area contributed by atoms with Crippen molar-refractivity contribution in [3.63, 3.8) is 0 Å². The Labute approximate surface area is 119 Å². The molecule has 0 amide bonds. The zero-order valence-corrected chi connectivity index (χ0v) is 11.8. The SMILES string of the molecule is N#CCCCSCC(=O)OCCCc1ccccc1. The third kappa shape index (κ3) is 8.28. The summed E-state index contributed by atoms with van der Waals surface area (Å²) in [5.41, 5.74) is 1.27. The number of nitriles is 1. The number of nitrogens with zero attached hydrogens (tertiary/aromatic N) is 1. The Bertz CT molecular complexity index is 400. The fourth-order valence-corrected chi connectivity index (χ4v) is 2.30. The molecule has 0 aliphatic carbocycles. The molecule has 0 saturated heterocycles. The van der Waals surface area contributed by atoms with E-state index in [0.29, 0.717) is 18.8 Å². The van der Waals surface area contributed by atoms with Crippen LogP contribution in [0, 0.1) is 11.3 Å². The van der Waals surface area contributed by atoms with Gasteiger partial charge in [0, 0.05) is 6.42 Å². The molecule has 102 valence electrons. The molecule has 0 heterocycles. The minimum Gasteiger partial charge on any atom is -0.465 e. The Balaban J connectivity index is 1.97. The highest BCUT2D eigenvalue weighted by Crippen LogP contribution is 2.06. The van der Waals surface area contributed by atoms with Crippen molar-refractivity contribution in [1.29, 1.82) is 5.26 Å². The van der Waals surface area contributed by atoms with Crippen molar-refractivity contribution in [2.24, 2.45) is 0 Å². The van der Waals surface area contributed by atoms with Crippen LogP contribution in [0.2, 0.25) is 0 Å². The molecule has 0 aliphatic heterocycles. The van der Waals surface area contributed by atoms with Gasteiger partial charge in [0.25, 0.3) is 0 Å². The topological polar surface area (TPSA) is 50.1 Å². The van der Waals surface area contributed by atoms with Crippen molar-refractivity contribution in [3.05, 3.63) is 35.9 Å². The van der Waals surface area contributed by atoms with E-state index in [1.165, 1.54) is 17.3 Å². The molecule has 4 heteroatoms. The first kappa shape index (κ1) is 15.6. The number of hydrogen-bond acceptors (Lipinski definition) is 4. The standard InChI is InChI=1S/C15H19NO2S/c16-10-4-5-12-19-13-15(17)18-11-6-9-14-7-2-1-3-8-14/h1-3,7-8H,4-6,9,11-13H2. The van der Waals surface area contributed by atoms with Gasteiger partial charge in [-0.25, -0.2) is 0 Å². The van der Waals surface area contributed by atoms with E-state index in [9.17, 15) is 4.79 Å². The number of aryl methyl sites for hydroxylation is 1. The largest absolute Gasteiger partial charge is 0.465 e.